The number of aromatic nitrogens is 1. The minimum absolute atomic E-state index is 0.00694. The lowest BCUT2D eigenvalue weighted by atomic mass is 10.0. The second-order valence-corrected chi connectivity index (χ2v) is 7.81. The molecule has 8 heteroatoms. The fourth-order valence-corrected chi connectivity index (χ4v) is 4.14. The van der Waals surface area contributed by atoms with Crippen LogP contribution in [0.5, 0.6) is 0 Å². The van der Waals surface area contributed by atoms with Crippen molar-refractivity contribution < 1.29 is 13.9 Å². The highest BCUT2D eigenvalue weighted by molar-refractivity contribution is 7.80. The molecule has 3 heterocycles. The Morgan fingerprint density at radius 2 is 2.10 bits per heavy atom. The van der Waals surface area contributed by atoms with Crippen molar-refractivity contribution in [2.45, 2.75) is 25.9 Å². The maximum absolute atomic E-state index is 11.9. The Morgan fingerprint density at radius 1 is 1.26 bits per heavy atom. The Morgan fingerprint density at radius 3 is 2.74 bits per heavy atom. The molecule has 0 spiro atoms. The van der Waals surface area contributed by atoms with Gasteiger partial charge in [0.25, 0.3) is 0 Å². The fourth-order valence-electron chi connectivity index (χ4n) is 3.79. The minimum atomic E-state index is -0.204. The van der Waals surface area contributed by atoms with E-state index in [1.807, 2.05) is 67.3 Å². The van der Waals surface area contributed by atoms with Crippen molar-refractivity contribution in [1.82, 2.24) is 10.3 Å². The largest absolute Gasteiger partial charge is 0.464 e. The monoisotopic (exact) mass is 436 g/mol. The van der Waals surface area contributed by atoms with Crippen LogP contribution in [-0.4, -0.2) is 29.7 Å². The van der Waals surface area contributed by atoms with E-state index in [2.05, 4.69) is 15.6 Å². The van der Waals surface area contributed by atoms with E-state index in [4.69, 9.17) is 21.4 Å². The van der Waals surface area contributed by atoms with E-state index in [9.17, 15) is 4.79 Å². The summed E-state index contributed by atoms with van der Waals surface area (Å²) in [6.45, 7) is 3.87. The van der Waals surface area contributed by atoms with Gasteiger partial charge in [0.05, 0.1) is 11.7 Å². The maximum atomic E-state index is 11.9. The van der Waals surface area contributed by atoms with Crippen LogP contribution in [0.3, 0.4) is 0 Å². The van der Waals surface area contributed by atoms with Crippen LogP contribution < -0.4 is 15.5 Å². The molecule has 0 radical (unpaired) electrons. The molecular formula is C23H24N4O3S. The van der Waals surface area contributed by atoms with E-state index >= 15 is 0 Å². The van der Waals surface area contributed by atoms with E-state index in [-0.39, 0.29) is 24.6 Å². The molecule has 2 N–H and O–H groups in total. The number of nitrogens with zero attached hydrogens (tertiary/aromatic N) is 2. The molecule has 0 saturated carbocycles. The standard InChI is InChI=1S/C23H24N4O3S/c1-14-12-16(8-9-17(14)25-20(28)13-29-3)27-22(19-10-7-15(2)30-19)21(26-23(27)31)18-6-4-5-11-24-18/h4-12,21-22H,13H2,1-3H3,(H,25,28)(H,26,31)/t21-,22-/m1/s1. The SMILES string of the molecule is COCC(=O)Nc1ccc(N2C(=S)N[C@H](c3ccccn3)[C@H]2c2ccc(C)o2)cc1C. The number of carbonyl (C=O) groups excluding carboxylic acids is 1. The number of hydrogen-bond acceptors (Lipinski definition) is 5. The lowest BCUT2D eigenvalue weighted by Crippen LogP contribution is -2.29. The summed E-state index contributed by atoms with van der Waals surface area (Å²) >= 11 is 5.72. The molecule has 2 atom stereocenters. The number of hydrogen-bond donors (Lipinski definition) is 2. The quantitative estimate of drug-likeness (QED) is 0.564. The number of furan rings is 1. The minimum Gasteiger partial charge on any atom is -0.464 e. The molecule has 7 nitrogen and oxygen atoms in total. The summed E-state index contributed by atoms with van der Waals surface area (Å²) in [4.78, 5) is 18.5. The third-order valence-electron chi connectivity index (χ3n) is 5.19. The van der Waals surface area contributed by atoms with Crippen LogP contribution in [0.15, 0.2) is 59.1 Å². The molecule has 0 bridgehead atoms. The predicted octanol–water partition coefficient (Wildman–Crippen LogP) is 4.05. The second-order valence-electron chi connectivity index (χ2n) is 7.43. The summed E-state index contributed by atoms with van der Waals surface area (Å²) in [5, 5.41) is 6.86. The Labute approximate surface area is 186 Å². The van der Waals surface area contributed by atoms with Gasteiger partial charge in [0.15, 0.2) is 5.11 Å². The van der Waals surface area contributed by atoms with Crippen LogP contribution in [0.25, 0.3) is 0 Å². The molecular weight excluding hydrogens is 412 g/mol. The molecule has 0 aliphatic carbocycles. The molecule has 2 aromatic heterocycles. The number of rotatable bonds is 6. The molecule has 3 aromatic rings. The van der Waals surface area contributed by atoms with Gasteiger partial charge < -0.3 is 24.7 Å². The van der Waals surface area contributed by atoms with E-state index < -0.39 is 0 Å². The molecule has 1 fully saturated rings. The maximum Gasteiger partial charge on any atom is 0.250 e. The van der Waals surface area contributed by atoms with E-state index in [1.54, 1.807) is 6.20 Å². The van der Waals surface area contributed by atoms with Crippen LogP contribution in [-0.2, 0) is 9.53 Å². The van der Waals surface area contributed by atoms with Crippen LogP contribution in [0.1, 0.15) is 34.9 Å². The van der Waals surface area contributed by atoms with E-state index in [1.165, 1.54) is 7.11 Å². The molecule has 1 saturated heterocycles. The van der Waals surface area contributed by atoms with Crippen molar-refractivity contribution in [2.24, 2.45) is 0 Å². The zero-order valence-corrected chi connectivity index (χ0v) is 18.4. The number of pyridine rings is 1. The zero-order chi connectivity index (χ0) is 22.0. The van der Waals surface area contributed by atoms with Gasteiger partial charge in [-0.15, -0.1) is 0 Å². The van der Waals surface area contributed by atoms with Crippen molar-refractivity contribution in [2.75, 3.05) is 23.9 Å². The van der Waals surface area contributed by atoms with Gasteiger partial charge in [0, 0.05) is 24.7 Å². The zero-order valence-electron chi connectivity index (χ0n) is 17.6. The van der Waals surface area contributed by atoms with Gasteiger partial charge in [0.1, 0.15) is 24.2 Å². The van der Waals surface area contributed by atoms with Crippen LogP contribution in [0.4, 0.5) is 11.4 Å². The number of carbonyl (C=O) groups is 1. The lowest BCUT2D eigenvalue weighted by Gasteiger charge is -2.26. The normalized spacial score (nSPS) is 18.2. The van der Waals surface area contributed by atoms with Crippen molar-refractivity contribution in [3.05, 3.63) is 77.5 Å². The first-order valence-electron chi connectivity index (χ1n) is 9.94. The first kappa shape index (κ1) is 21.0. The number of aryl methyl sites for hydroxylation is 2. The van der Waals surface area contributed by atoms with Crippen molar-refractivity contribution >= 4 is 34.6 Å². The molecule has 1 aromatic carbocycles. The Balaban J connectivity index is 1.71. The Hall–Kier alpha value is -3.23. The second kappa shape index (κ2) is 8.87. The highest BCUT2D eigenvalue weighted by Gasteiger charge is 2.42. The molecule has 1 aliphatic rings. The summed E-state index contributed by atoms with van der Waals surface area (Å²) in [6.07, 6.45) is 1.77. The first-order valence-corrected chi connectivity index (χ1v) is 10.3. The highest BCUT2D eigenvalue weighted by atomic mass is 32.1. The Bertz CT molecular complexity index is 1100. The molecule has 0 unspecified atom stereocenters. The van der Waals surface area contributed by atoms with Gasteiger partial charge in [0.2, 0.25) is 5.91 Å². The molecule has 31 heavy (non-hydrogen) atoms. The number of methoxy groups -OCH3 is 1. The topological polar surface area (TPSA) is 79.6 Å². The van der Waals surface area contributed by atoms with E-state index in [0.717, 1.165) is 34.2 Å². The smallest absolute Gasteiger partial charge is 0.250 e. The number of amides is 1. The summed E-state index contributed by atoms with van der Waals surface area (Å²) < 4.78 is 10.9. The van der Waals surface area contributed by atoms with Gasteiger partial charge in [-0.05, 0) is 74.1 Å². The molecule has 1 aliphatic heterocycles. The lowest BCUT2D eigenvalue weighted by molar-refractivity contribution is -0.119. The molecule has 160 valence electrons. The third-order valence-corrected chi connectivity index (χ3v) is 5.50. The highest BCUT2D eigenvalue weighted by Crippen LogP contribution is 2.42. The Kier molecular flexibility index (Phi) is 6.01. The number of nitrogens with one attached hydrogen (secondary N) is 2. The van der Waals surface area contributed by atoms with Crippen molar-refractivity contribution in [1.29, 1.82) is 0 Å². The third kappa shape index (κ3) is 4.30. The van der Waals surface area contributed by atoms with Gasteiger partial charge in [-0.1, -0.05) is 6.07 Å². The van der Waals surface area contributed by atoms with Gasteiger partial charge in [-0.25, -0.2) is 0 Å². The van der Waals surface area contributed by atoms with Crippen LogP contribution in [0.2, 0.25) is 0 Å². The van der Waals surface area contributed by atoms with Crippen LogP contribution in [0, 0.1) is 13.8 Å². The van der Waals surface area contributed by atoms with Gasteiger partial charge in [-0.2, -0.15) is 0 Å². The number of ether oxygens (including phenoxy) is 1. The van der Waals surface area contributed by atoms with Crippen molar-refractivity contribution in [3.8, 4) is 0 Å². The van der Waals surface area contributed by atoms with E-state index in [0.29, 0.717) is 5.11 Å². The average Bonchev–Trinajstić information content (AvgIpc) is 3.33. The van der Waals surface area contributed by atoms with Crippen LogP contribution >= 0.6 is 12.2 Å². The average molecular weight is 437 g/mol. The number of anilines is 2. The molecule has 4 rings (SSSR count). The first-order chi connectivity index (χ1) is 15.0. The fraction of sp³-hybridized carbons (Fsp3) is 0.261. The summed E-state index contributed by atoms with van der Waals surface area (Å²) in [6, 6.07) is 15.2. The summed E-state index contributed by atoms with van der Waals surface area (Å²) in [5.41, 5.74) is 3.43. The van der Waals surface area contributed by atoms with Gasteiger partial charge >= 0.3 is 0 Å². The number of thiocarbonyl (C=S) groups is 1. The number of benzene rings is 1. The van der Waals surface area contributed by atoms with Gasteiger partial charge in [-0.3, -0.25) is 9.78 Å². The molecule has 1 amide bonds. The van der Waals surface area contributed by atoms with Crippen molar-refractivity contribution in [3.63, 3.8) is 0 Å². The predicted molar refractivity (Wildman–Crippen MR) is 123 cm³/mol. The summed E-state index contributed by atoms with van der Waals surface area (Å²) in [5.74, 6) is 1.44. The summed E-state index contributed by atoms with van der Waals surface area (Å²) in [7, 11) is 1.49.